The van der Waals surface area contributed by atoms with E-state index in [2.05, 4.69) is 10.5 Å². The van der Waals surface area contributed by atoms with Crippen molar-refractivity contribution in [1.29, 1.82) is 0 Å². The van der Waals surface area contributed by atoms with Crippen molar-refractivity contribution in [3.05, 3.63) is 68.2 Å². The first kappa shape index (κ1) is 20.7. The summed E-state index contributed by atoms with van der Waals surface area (Å²) in [5.41, 5.74) is 3.42. The Morgan fingerprint density at radius 3 is 2.74 bits per heavy atom. The van der Waals surface area contributed by atoms with E-state index in [9.17, 15) is 14.9 Å². The molecule has 2 aromatic rings. The van der Waals surface area contributed by atoms with E-state index in [1.807, 2.05) is 0 Å². The molecule has 0 saturated carbocycles. The van der Waals surface area contributed by atoms with E-state index in [4.69, 9.17) is 27.9 Å². The van der Waals surface area contributed by atoms with Crippen LogP contribution in [-0.4, -0.2) is 23.1 Å². The summed E-state index contributed by atoms with van der Waals surface area (Å²) >= 11 is 11.8. The molecule has 0 spiro atoms. The Bertz CT molecular complexity index is 871. The molecule has 27 heavy (non-hydrogen) atoms. The summed E-state index contributed by atoms with van der Waals surface area (Å²) in [5, 5.41) is 15.7. The zero-order valence-electron chi connectivity index (χ0n) is 14.4. The lowest BCUT2D eigenvalue weighted by Gasteiger charge is -2.08. The zero-order valence-corrected chi connectivity index (χ0v) is 16.0. The van der Waals surface area contributed by atoms with Crippen LogP contribution < -0.4 is 10.2 Å². The van der Waals surface area contributed by atoms with E-state index in [1.165, 1.54) is 12.1 Å². The molecular formula is C18H17Cl2N3O4. The second kappa shape index (κ2) is 9.89. The van der Waals surface area contributed by atoms with Crippen molar-refractivity contribution in [1.82, 2.24) is 5.43 Å². The minimum Gasteiger partial charge on any atom is -0.492 e. The molecule has 0 aliphatic rings. The van der Waals surface area contributed by atoms with Gasteiger partial charge in [-0.3, -0.25) is 14.9 Å². The molecule has 0 aliphatic carbocycles. The third-order valence-corrected chi connectivity index (χ3v) is 4.05. The Labute approximate surface area is 166 Å². The number of amides is 1. The molecule has 0 bridgehead atoms. The minimum atomic E-state index is -0.484. The van der Waals surface area contributed by atoms with Gasteiger partial charge < -0.3 is 4.74 Å². The number of carbonyl (C=O) groups excluding carboxylic acids is 1. The molecule has 0 atom stereocenters. The van der Waals surface area contributed by atoms with Gasteiger partial charge in [-0.25, -0.2) is 5.43 Å². The number of carbonyl (C=O) groups is 1. The summed E-state index contributed by atoms with van der Waals surface area (Å²) in [7, 11) is 0. The van der Waals surface area contributed by atoms with Crippen molar-refractivity contribution >= 4 is 40.5 Å². The maximum atomic E-state index is 11.9. The fraction of sp³-hybridized carbons (Fsp3) is 0.222. The van der Waals surface area contributed by atoms with Crippen LogP contribution in [0, 0.1) is 10.1 Å². The molecule has 0 radical (unpaired) electrons. The van der Waals surface area contributed by atoms with Crippen molar-refractivity contribution in [3.8, 4) is 5.75 Å². The summed E-state index contributed by atoms with van der Waals surface area (Å²) in [6.07, 6.45) is 0.674. The number of hydrogen-bond donors (Lipinski definition) is 1. The van der Waals surface area contributed by atoms with Crippen LogP contribution in [0.25, 0.3) is 0 Å². The first-order valence-corrected chi connectivity index (χ1v) is 8.78. The van der Waals surface area contributed by atoms with Crippen LogP contribution in [-0.2, 0) is 4.79 Å². The summed E-state index contributed by atoms with van der Waals surface area (Å²) < 4.78 is 5.50. The Balaban J connectivity index is 1.79. The van der Waals surface area contributed by atoms with Gasteiger partial charge in [-0.05, 0) is 31.5 Å². The van der Waals surface area contributed by atoms with Crippen LogP contribution in [0.1, 0.15) is 25.3 Å². The Hall–Kier alpha value is -2.64. The molecule has 9 heteroatoms. The molecule has 1 amide bonds. The lowest BCUT2D eigenvalue weighted by atomic mass is 10.1. The molecule has 142 valence electrons. The highest BCUT2D eigenvalue weighted by atomic mass is 35.5. The lowest BCUT2D eigenvalue weighted by Crippen LogP contribution is -2.19. The van der Waals surface area contributed by atoms with Gasteiger partial charge in [0.15, 0.2) is 0 Å². The molecule has 2 rings (SSSR count). The molecule has 1 N–H and O–H groups in total. The van der Waals surface area contributed by atoms with Crippen molar-refractivity contribution in [2.75, 3.05) is 6.61 Å². The average molecular weight is 410 g/mol. The smallest absolute Gasteiger partial charge is 0.270 e. The van der Waals surface area contributed by atoms with Crippen molar-refractivity contribution in [2.24, 2.45) is 5.10 Å². The highest BCUT2D eigenvalue weighted by Gasteiger charge is 2.08. The maximum Gasteiger partial charge on any atom is 0.270 e. The van der Waals surface area contributed by atoms with Gasteiger partial charge in [0.25, 0.3) is 5.69 Å². The number of non-ortho nitro benzene ring substituents is 1. The molecule has 0 aromatic heterocycles. The summed E-state index contributed by atoms with van der Waals surface area (Å²) in [4.78, 5) is 22.2. The Morgan fingerprint density at radius 2 is 2.04 bits per heavy atom. The van der Waals surface area contributed by atoms with E-state index in [0.29, 0.717) is 40.1 Å². The van der Waals surface area contributed by atoms with E-state index >= 15 is 0 Å². The zero-order chi connectivity index (χ0) is 19.8. The number of nitrogens with zero attached hydrogens (tertiary/aromatic N) is 2. The highest BCUT2D eigenvalue weighted by molar-refractivity contribution is 6.35. The molecule has 0 aliphatic heterocycles. The van der Waals surface area contributed by atoms with E-state index < -0.39 is 4.92 Å². The highest BCUT2D eigenvalue weighted by Crippen LogP contribution is 2.27. The fourth-order valence-corrected chi connectivity index (χ4v) is 2.58. The molecule has 2 aromatic carbocycles. The Morgan fingerprint density at radius 1 is 1.26 bits per heavy atom. The summed E-state index contributed by atoms with van der Waals surface area (Å²) in [6.45, 7) is 1.97. The summed E-state index contributed by atoms with van der Waals surface area (Å²) in [6, 6.07) is 10.9. The number of halogens is 2. The average Bonchev–Trinajstić information content (AvgIpc) is 2.64. The van der Waals surface area contributed by atoms with E-state index in [1.54, 1.807) is 37.3 Å². The monoisotopic (exact) mass is 409 g/mol. The topological polar surface area (TPSA) is 93.8 Å². The number of hydrazone groups is 1. The second-order valence-electron chi connectivity index (χ2n) is 5.57. The quantitative estimate of drug-likeness (QED) is 0.298. The van der Waals surface area contributed by atoms with Gasteiger partial charge in [-0.15, -0.1) is 0 Å². The van der Waals surface area contributed by atoms with Crippen LogP contribution in [0.3, 0.4) is 0 Å². The first-order valence-electron chi connectivity index (χ1n) is 8.02. The molecule has 7 nitrogen and oxygen atoms in total. The lowest BCUT2D eigenvalue weighted by molar-refractivity contribution is -0.384. The number of benzene rings is 2. The normalized spacial score (nSPS) is 11.1. The number of nitrogens with one attached hydrogen (secondary N) is 1. The number of nitro benzene ring substituents is 1. The predicted octanol–water partition coefficient (Wildman–Crippen LogP) is 4.60. The summed E-state index contributed by atoms with van der Waals surface area (Å²) in [5.74, 6) is 0.214. The van der Waals surface area contributed by atoms with Crippen molar-refractivity contribution < 1.29 is 14.5 Å². The van der Waals surface area contributed by atoms with Gasteiger partial charge in [0.05, 0.1) is 22.3 Å². The van der Waals surface area contributed by atoms with Crippen LogP contribution in [0.2, 0.25) is 10.0 Å². The van der Waals surface area contributed by atoms with E-state index in [0.717, 1.165) is 0 Å². The first-order chi connectivity index (χ1) is 12.9. The van der Waals surface area contributed by atoms with Gasteiger partial charge in [0.2, 0.25) is 5.91 Å². The number of rotatable bonds is 8. The standard InChI is InChI=1S/C18H17Cl2N3O4/c1-12(13-4-2-5-15(10-13)23(25)26)21-22-18(24)6-3-9-27-17-8-7-14(19)11-16(17)20/h2,4-5,7-8,10-11H,3,6,9H2,1H3,(H,22,24)/b21-12+. The maximum absolute atomic E-state index is 11.9. The molecule has 0 unspecified atom stereocenters. The molecular weight excluding hydrogens is 393 g/mol. The van der Waals surface area contributed by atoms with Gasteiger partial charge in [0, 0.05) is 29.1 Å². The fourth-order valence-electron chi connectivity index (χ4n) is 2.12. The Kier molecular flexibility index (Phi) is 7.57. The third kappa shape index (κ3) is 6.54. The number of nitro groups is 1. The van der Waals surface area contributed by atoms with Gasteiger partial charge in [-0.1, -0.05) is 35.3 Å². The molecule has 0 fully saturated rings. The molecule has 0 saturated heterocycles. The third-order valence-electron chi connectivity index (χ3n) is 3.52. The van der Waals surface area contributed by atoms with Gasteiger partial charge in [-0.2, -0.15) is 5.10 Å². The predicted molar refractivity (Wildman–Crippen MR) is 105 cm³/mol. The number of ether oxygens (including phenoxy) is 1. The number of hydrogen-bond acceptors (Lipinski definition) is 5. The van der Waals surface area contributed by atoms with Gasteiger partial charge >= 0.3 is 0 Å². The van der Waals surface area contributed by atoms with E-state index in [-0.39, 0.29) is 18.0 Å². The van der Waals surface area contributed by atoms with Crippen LogP contribution >= 0.6 is 23.2 Å². The van der Waals surface area contributed by atoms with Crippen molar-refractivity contribution in [2.45, 2.75) is 19.8 Å². The largest absolute Gasteiger partial charge is 0.492 e. The van der Waals surface area contributed by atoms with Crippen LogP contribution in [0.5, 0.6) is 5.75 Å². The minimum absolute atomic E-state index is 0.0358. The van der Waals surface area contributed by atoms with Gasteiger partial charge in [0.1, 0.15) is 5.75 Å². The SMILES string of the molecule is C/C(=N\NC(=O)CCCOc1ccc(Cl)cc1Cl)c1cccc([N+](=O)[O-])c1. The van der Waals surface area contributed by atoms with Crippen LogP contribution in [0.15, 0.2) is 47.6 Å². The molecule has 0 heterocycles. The van der Waals surface area contributed by atoms with Crippen LogP contribution in [0.4, 0.5) is 5.69 Å². The van der Waals surface area contributed by atoms with Crippen molar-refractivity contribution in [3.63, 3.8) is 0 Å². The second-order valence-corrected chi connectivity index (χ2v) is 6.41.